The van der Waals surface area contributed by atoms with Crippen molar-refractivity contribution in [2.75, 3.05) is 25.7 Å². The van der Waals surface area contributed by atoms with Crippen LogP contribution in [0.15, 0.2) is 24.3 Å². The first-order valence-electron chi connectivity index (χ1n) is 10.5. The van der Waals surface area contributed by atoms with Crippen LogP contribution in [0.5, 0.6) is 0 Å². The van der Waals surface area contributed by atoms with Gasteiger partial charge in [-0.15, -0.1) is 11.6 Å². The molecule has 4 rings (SSSR count). The number of alkyl halides is 1. The van der Waals surface area contributed by atoms with Crippen LogP contribution in [0, 0.1) is 11.8 Å². The summed E-state index contributed by atoms with van der Waals surface area (Å²) in [5.41, 5.74) is 1.19. The van der Waals surface area contributed by atoms with Crippen LogP contribution in [-0.4, -0.2) is 47.8 Å². The molecule has 2 aliphatic rings. The third-order valence-electron chi connectivity index (χ3n) is 6.69. The van der Waals surface area contributed by atoms with E-state index in [1.165, 1.54) is 0 Å². The van der Waals surface area contributed by atoms with Crippen LogP contribution in [-0.2, 0) is 36.3 Å². The van der Waals surface area contributed by atoms with Crippen molar-refractivity contribution < 1.29 is 23.8 Å². The number of ketones is 1. The Kier molecular flexibility index (Phi) is 6.12. The number of fused-ring (bicyclic) bond motifs is 1. The van der Waals surface area contributed by atoms with Gasteiger partial charge in [0.25, 0.3) is 0 Å². The highest BCUT2D eigenvalue weighted by atomic mass is 35.5. The summed E-state index contributed by atoms with van der Waals surface area (Å²) in [5.74, 6) is -3.06. The second-order valence-electron chi connectivity index (χ2n) is 8.84. The summed E-state index contributed by atoms with van der Waals surface area (Å²) in [4.78, 5) is 26.4. The summed E-state index contributed by atoms with van der Waals surface area (Å²) in [6.07, 6.45) is 0.514. The van der Waals surface area contributed by atoms with E-state index >= 15 is 0 Å². The predicted molar refractivity (Wildman–Crippen MR) is 118 cm³/mol. The fourth-order valence-corrected chi connectivity index (χ4v) is 5.59. The fraction of sp³-hybridized carbons (Fsp3) is 0.565. The minimum atomic E-state index is -0.975. The van der Waals surface area contributed by atoms with E-state index in [2.05, 4.69) is 0 Å². The van der Waals surface area contributed by atoms with E-state index in [4.69, 9.17) is 37.4 Å². The van der Waals surface area contributed by atoms with Crippen molar-refractivity contribution in [1.82, 2.24) is 4.57 Å². The van der Waals surface area contributed by atoms with Crippen molar-refractivity contribution >= 4 is 45.9 Å². The standard InChI is InChI=1S/C23H27Cl2NO5/c1-22(2,18-14-6-4-5-7-17(14)26(3)20(18)25)16-13-23(30-10-11-31-23)12-15(19(16)27)21(28)29-9-8-24/h4-7,15-16H,8-13H2,1-3H3. The number of hydrogen-bond donors (Lipinski definition) is 0. The number of hydrogen-bond acceptors (Lipinski definition) is 5. The molecule has 8 heteroatoms. The van der Waals surface area contributed by atoms with Gasteiger partial charge in [-0.1, -0.05) is 43.6 Å². The maximum Gasteiger partial charge on any atom is 0.316 e. The topological polar surface area (TPSA) is 66.8 Å². The van der Waals surface area contributed by atoms with Crippen LogP contribution in [0.3, 0.4) is 0 Å². The summed E-state index contributed by atoms with van der Waals surface area (Å²) >= 11 is 12.5. The summed E-state index contributed by atoms with van der Waals surface area (Å²) in [6, 6.07) is 7.92. The molecule has 0 radical (unpaired) electrons. The van der Waals surface area contributed by atoms with Gasteiger partial charge in [0.05, 0.1) is 19.1 Å². The molecule has 0 bridgehead atoms. The number of carbonyl (C=O) groups is 2. The SMILES string of the molecule is Cn1c(Cl)c(C(C)(C)C2CC3(CC(C(=O)OCCCl)C2=O)OCCO3)c2ccccc21. The number of aromatic nitrogens is 1. The number of rotatable bonds is 5. The molecule has 2 fully saturated rings. The largest absolute Gasteiger partial charge is 0.464 e. The highest BCUT2D eigenvalue weighted by Gasteiger charge is 2.56. The van der Waals surface area contributed by atoms with Crippen LogP contribution in [0.4, 0.5) is 0 Å². The van der Waals surface area contributed by atoms with E-state index in [-0.39, 0.29) is 24.7 Å². The predicted octanol–water partition coefficient (Wildman–Crippen LogP) is 4.23. The highest BCUT2D eigenvalue weighted by molar-refractivity contribution is 6.32. The van der Waals surface area contributed by atoms with E-state index < -0.39 is 29.0 Å². The average Bonchev–Trinajstić information content (AvgIpc) is 3.31. The van der Waals surface area contributed by atoms with Gasteiger partial charge in [0.2, 0.25) is 0 Å². The lowest BCUT2D eigenvalue weighted by molar-refractivity contribution is -0.207. The normalized spacial score (nSPS) is 23.6. The third kappa shape index (κ3) is 3.78. The van der Waals surface area contributed by atoms with Crippen LogP contribution in [0.2, 0.25) is 5.15 Å². The molecule has 0 amide bonds. The van der Waals surface area contributed by atoms with E-state index in [0.29, 0.717) is 24.8 Å². The van der Waals surface area contributed by atoms with Gasteiger partial charge in [0.15, 0.2) is 11.6 Å². The number of Topliss-reactive ketones (excluding diaryl/α,β-unsaturated/α-hetero) is 1. The lowest BCUT2D eigenvalue weighted by Crippen LogP contribution is -2.53. The quantitative estimate of drug-likeness (QED) is 0.373. The molecule has 6 nitrogen and oxygen atoms in total. The molecule has 168 valence electrons. The molecule has 1 saturated carbocycles. The van der Waals surface area contributed by atoms with Gasteiger partial charge in [0.1, 0.15) is 17.7 Å². The molecule has 0 N–H and O–H groups in total. The lowest BCUT2D eigenvalue weighted by atomic mass is 9.62. The van der Waals surface area contributed by atoms with Gasteiger partial charge in [-0.2, -0.15) is 0 Å². The second kappa shape index (κ2) is 8.39. The molecule has 2 aromatic rings. The number of carbonyl (C=O) groups excluding carboxylic acids is 2. The average molecular weight is 468 g/mol. The highest BCUT2D eigenvalue weighted by Crippen LogP contribution is 2.50. The molecule has 2 unspecified atom stereocenters. The Hall–Kier alpha value is -1.60. The zero-order chi connectivity index (χ0) is 22.4. The Labute approximate surface area is 191 Å². The number of esters is 1. The monoisotopic (exact) mass is 467 g/mol. The molecule has 2 heterocycles. The van der Waals surface area contributed by atoms with Crippen molar-refractivity contribution in [3.8, 4) is 0 Å². The second-order valence-corrected chi connectivity index (χ2v) is 9.58. The molecular formula is C23H27Cl2NO5. The van der Waals surface area contributed by atoms with Crippen LogP contribution < -0.4 is 0 Å². The van der Waals surface area contributed by atoms with Gasteiger partial charge >= 0.3 is 5.97 Å². The van der Waals surface area contributed by atoms with Crippen molar-refractivity contribution in [2.45, 2.75) is 37.9 Å². The third-order valence-corrected chi connectivity index (χ3v) is 7.28. The molecular weight excluding hydrogens is 441 g/mol. The van der Waals surface area contributed by atoms with Gasteiger partial charge in [-0.25, -0.2) is 0 Å². The van der Waals surface area contributed by atoms with Crippen molar-refractivity contribution in [3.63, 3.8) is 0 Å². The van der Waals surface area contributed by atoms with Crippen LogP contribution in [0.25, 0.3) is 10.9 Å². The smallest absolute Gasteiger partial charge is 0.316 e. The Morgan fingerprint density at radius 3 is 2.61 bits per heavy atom. The maximum atomic E-state index is 13.6. The molecule has 1 saturated heterocycles. The first-order chi connectivity index (χ1) is 14.7. The Balaban J connectivity index is 1.78. The Bertz CT molecular complexity index is 1010. The fourth-order valence-electron chi connectivity index (χ4n) is 5.08. The summed E-state index contributed by atoms with van der Waals surface area (Å²) in [6.45, 7) is 4.92. The molecule has 1 aliphatic carbocycles. The lowest BCUT2D eigenvalue weighted by Gasteiger charge is -2.44. The summed E-state index contributed by atoms with van der Waals surface area (Å²) < 4.78 is 19.1. The van der Waals surface area contributed by atoms with Crippen molar-refractivity contribution in [1.29, 1.82) is 0 Å². The molecule has 31 heavy (non-hydrogen) atoms. The van der Waals surface area contributed by atoms with E-state index in [0.717, 1.165) is 16.5 Å². The molecule has 2 atom stereocenters. The van der Waals surface area contributed by atoms with Gasteiger partial charge in [-0.05, 0) is 6.07 Å². The molecule has 1 spiro atoms. The van der Waals surface area contributed by atoms with Crippen LogP contribution >= 0.6 is 23.2 Å². The minimum absolute atomic E-state index is 0.0576. The summed E-state index contributed by atoms with van der Waals surface area (Å²) in [5, 5.41) is 1.56. The first kappa shape index (κ1) is 22.6. The number of aryl methyl sites for hydroxylation is 1. The van der Waals surface area contributed by atoms with E-state index in [9.17, 15) is 9.59 Å². The number of nitrogens with zero attached hydrogens (tertiary/aromatic N) is 1. The van der Waals surface area contributed by atoms with E-state index in [1.807, 2.05) is 49.7 Å². The van der Waals surface area contributed by atoms with Gasteiger partial charge in [-0.3, -0.25) is 9.59 Å². The Morgan fingerprint density at radius 1 is 1.26 bits per heavy atom. The van der Waals surface area contributed by atoms with Gasteiger partial charge in [0, 0.05) is 47.7 Å². The molecule has 1 aromatic heterocycles. The molecule has 1 aromatic carbocycles. The van der Waals surface area contributed by atoms with Crippen LogP contribution in [0.1, 0.15) is 32.3 Å². The number of benzene rings is 1. The van der Waals surface area contributed by atoms with Crippen molar-refractivity contribution in [2.24, 2.45) is 18.9 Å². The Morgan fingerprint density at radius 2 is 1.94 bits per heavy atom. The zero-order valence-electron chi connectivity index (χ0n) is 18.0. The number of para-hydroxylation sites is 1. The molecule has 1 aliphatic heterocycles. The number of ether oxygens (including phenoxy) is 3. The van der Waals surface area contributed by atoms with Crippen molar-refractivity contribution in [3.05, 3.63) is 35.0 Å². The zero-order valence-corrected chi connectivity index (χ0v) is 19.5. The summed E-state index contributed by atoms with van der Waals surface area (Å²) in [7, 11) is 1.91. The minimum Gasteiger partial charge on any atom is -0.464 e. The maximum absolute atomic E-state index is 13.6. The van der Waals surface area contributed by atoms with E-state index in [1.54, 1.807) is 0 Å². The number of halogens is 2. The van der Waals surface area contributed by atoms with Gasteiger partial charge < -0.3 is 18.8 Å². The first-order valence-corrected chi connectivity index (χ1v) is 11.4.